The molecule has 3 N–H and O–H groups in total. The molecule has 7 nitrogen and oxygen atoms in total. The van der Waals surface area contributed by atoms with E-state index in [1.165, 1.54) is 0 Å². The van der Waals surface area contributed by atoms with Crippen molar-refractivity contribution >= 4 is 17.5 Å². The number of nitrogens with zero attached hydrogens (tertiary/aromatic N) is 1. The minimum Gasteiger partial charge on any atom is -0.454 e. The Kier molecular flexibility index (Phi) is 6.37. The zero-order chi connectivity index (χ0) is 22.7. The molecule has 2 aromatic rings. The van der Waals surface area contributed by atoms with Crippen LogP contribution in [0.3, 0.4) is 0 Å². The van der Waals surface area contributed by atoms with Crippen LogP contribution in [0.15, 0.2) is 42.5 Å². The van der Waals surface area contributed by atoms with E-state index in [0.29, 0.717) is 36.7 Å². The van der Waals surface area contributed by atoms with E-state index in [-0.39, 0.29) is 29.9 Å². The van der Waals surface area contributed by atoms with Crippen molar-refractivity contribution in [1.29, 1.82) is 0 Å². The molecule has 1 aliphatic heterocycles. The summed E-state index contributed by atoms with van der Waals surface area (Å²) < 4.78 is 10.8. The zero-order valence-corrected chi connectivity index (χ0v) is 18.7. The summed E-state index contributed by atoms with van der Waals surface area (Å²) in [4.78, 5) is 27.6. The summed E-state index contributed by atoms with van der Waals surface area (Å²) in [6.07, 6.45) is 3.03. The Morgan fingerprint density at radius 1 is 1.12 bits per heavy atom. The Morgan fingerprint density at radius 3 is 2.62 bits per heavy atom. The summed E-state index contributed by atoms with van der Waals surface area (Å²) in [5.41, 5.74) is 7.96. The lowest BCUT2D eigenvalue weighted by Crippen LogP contribution is -2.41. The van der Waals surface area contributed by atoms with Gasteiger partial charge < -0.3 is 25.4 Å². The fraction of sp³-hybridized carbons (Fsp3) is 0.440. The lowest BCUT2D eigenvalue weighted by molar-refractivity contribution is -0.122. The highest BCUT2D eigenvalue weighted by molar-refractivity contribution is 5.95. The highest BCUT2D eigenvalue weighted by atomic mass is 16.7. The molecule has 2 amide bonds. The first-order valence-electron chi connectivity index (χ1n) is 11.1. The Morgan fingerprint density at radius 2 is 1.91 bits per heavy atom. The summed E-state index contributed by atoms with van der Waals surface area (Å²) in [5, 5.41) is 3.01. The van der Waals surface area contributed by atoms with E-state index in [9.17, 15) is 9.59 Å². The third-order valence-corrected chi connectivity index (χ3v) is 6.12. The second-order valence-corrected chi connectivity index (χ2v) is 9.42. The quantitative estimate of drug-likeness (QED) is 0.655. The van der Waals surface area contributed by atoms with Gasteiger partial charge in [-0.25, -0.2) is 0 Å². The molecule has 32 heavy (non-hydrogen) atoms. The van der Waals surface area contributed by atoms with Gasteiger partial charge in [0.05, 0.1) is 0 Å². The predicted octanol–water partition coefficient (Wildman–Crippen LogP) is 3.78. The molecule has 0 radical (unpaired) electrons. The third kappa shape index (κ3) is 5.05. The van der Waals surface area contributed by atoms with Gasteiger partial charge in [0.1, 0.15) is 0 Å². The molecule has 170 valence electrons. The first kappa shape index (κ1) is 22.1. The number of ether oxygens (including phenoxy) is 2. The molecule has 2 aromatic carbocycles. The lowest BCUT2D eigenvalue weighted by Gasteiger charge is -2.32. The van der Waals surface area contributed by atoms with Crippen LogP contribution in [-0.2, 0) is 11.3 Å². The van der Waals surface area contributed by atoms with Crippen molar-refractivity contribution in [3.8, 4) is 11.5 Å². The zero-order valence-electron chi connectivity index (χ0n) is 18.7. The van der Waals surface area contributed by atoms with Gasteiger partial charge in [0.2, 0.25) is 12.7 Å². The number of rotatable bonds is 8. The first-order chi connectivity index (χ1) is 15.3. The molecule has 0 aromatic heterocycles. The van der Waals surface area contributed by atoms with Gasteiger partial charge in [0, 0.05) is 30.3 Å². The number of fused-ring (bicyclic) bond motifs is 1. The molecule has 1 saturated carbocycles. The second kappa shape index (κ2) is 9.20. The molecule has 0 bridgehead atoms. The summed E-state index contributed by atoms with van der Waals surface area (Å²) in [5.74, 6) is 1.31. The smallest absolute Gasteiger partial charge is 0.254 e. The van der Waals surface area contributed by atoms with Crippen LogP contribution >= 0.6 is 0 Å². The number of hydrogen-bond donors (Lipinski definition) is 2. The number of nitrogens with one attached hydrogen (secondary N) is 1. The van der Waals surface area contributed by atoms with Crippen LogP contribution < -0.4 is 20.5 Å². The van der Waals surface area contributed by atoms with Gasteiger partial charge in [-0.05, 0) is 60.7 Å². The first-order valence-corrected chi connectivity index (χ1v) is 11.1. The molecule has 7 heteroatoms. The maximum Gasteiger partial charge on any atom is 0.254 e. The van der Waals surface area contributed by atoms with Crippen LogP contribution in [0, 0.1) is 11.3 Å². The SMILES string of the molecule is CC(C)(CN)CN(Cc1cccc(NC(=O)C2CCC2)c1)C(=O)c1ccc2c(c1)OCO2. The summed E-state index contributed by atoms with van der Waals surface area (Å²) in [6, 6.07) is 12.9. The van der Waals surface area contributed by atoms with Gasteiger partial charge in [-0.3, -0.25) is 9.59 Å². The molecule has 2 aliphatic rings. The van der Waals surface area contributed by atoms with Crippen LogP contribution in [0.5, 0.6) is 11.5 Å². The normalized spacial score (nSPS) is 15.2. The Hall–Kier alpha value is -3.06. The van der Waals surface area contributed by atoms with E-state index in [2.05, 4.69) is 5.32 Å². The van der Waals surface area contributed by atoms with Crippen LogP contribution in [0.2, 0.25) is 0 Å². The van der Waals surface area contributed by atoms with E-state index in [1.807, 2.05) is 38.1 Å². The minimum atomic E-state index is -0.248. The number of carbonyl (C=O) groups is 2. The number of anilines is 1. The number of hydrogen-bond acceptors (Lipinski definition) is 5. The topological polar surface area (TPSA) is 93.9 Å². The highest BCUT2D eigenvalue weighted by Gasteiger charge is 2.27. The highest BCUT2D eigenvalue weighted by Crippen LogP contribution is 2.33. The fourth-order valence-corrected chi connectivity index (χ4v) is 3.88. The van der Waals surface area contributed by atoms with Gasteiger partial charge in [-0.1, -0.05) is 32.4 Å². The molecule has 1 heterocycles. The Bertz CT molecular complexity index is 1000. The van der Waals surface area contributed by atoms with Gasteiger partial charge in [0.15, 0.2) is 11.5 Å². The Balaban J connectivity index is 1.53. The largest absolute Gasteiger partial charge is 0.454 e. The molecule has 0 spiro atoms. The monoisotopic (exact) mass is 437 g/mol. The molecule has 4 rings (SSSR count). The van der Waals surface area contributed by atoms with Crippen LogP contribution in [-0.4, -0.2) is 36.6 Å². The van der Waals surface area contributed by atoms with Crippen molar-refractivity contribution in [1.82, 2.24) is 4.90 Å². The second-order valence-electron chi connectivity index (χ2n) is 9.42. The maximum atomic E-state index is 13.5. The van der Waals surface area contributed by atoms with E-state index < -0.39 is 0 Å². The minimum absolute atomic E-state index is 0.0750. The predicted molar refractivity (Wildman–Crippen MR) is 123 cm³/mol. The molecule has 0 unspecified atom stereocenters. The molecular formula is C25H31N3O4. The summed E-state index contributed by atoms with van der Waals surface area (Å²) >= 11 is 0. The van der Waals surface area contributed by atoms with Crippen molar-refractivity contribution in [2.24, 2.45) is 17.1 Å². The third-order valence-electron chi connectivity index (χ3n) is 6.12. The number of benzene rings is 2. The average molecular weight is 438 g/mol. The van der Waals surface area contributed by atoms with E-state index >= 15 is 0 Å². The van der Waals surface area contributed by atoms with Crippen molar-refractivity contribution in [3.05, 3.63) is 53.6 Å². The van der Waals surface area contributed by atoms with E-state index in [4.69, 9.17) is 15.2 Å². The van der Waals surface area contributed by atoms with Gasteiger partial charge in [-0.15, -0.1) is 0 Å². The van der Waals surface area contributed by atoms with Gasteiger partial charge in [-0.2, -0.15) is 0 Å². The summed E-state index contributed by atoms with van der Waals surface area (Å²) in [7, 11) is 0. The molecular weight excluding hydrogens is 406 g/mol. The van der Waals surface area contributed by atoms with Crippen molar-refractivity contribution in [2.45, 2.75) is 39.7 Å². The number of amides is 2. The summed E-state index contributed by atoms with van der Waals surface area (Å²) in [6.45, 7) is 5.61. The van der Waals surface area contributed by atoms with Crippen molar-refractivity contribution in [3.63, 3.8) is 0 Å². The van der Waals surface area contributed by atoms with Crippen LogP contribution in [0.25, 0.3) is 0 Å². The molecule has 0 saturated heterocycles. The Labute approximate surface area is 188 Å². The maximum absolute atomic E-state index is 13.5. The fourth-order valence-electron chi connectivity index (χ4n) is 3.88. The van der Waals surface area contributed by atoms with Crippen LogP contribution in [0.4, 0.5) is 5.69 Å². The number of nitrogens with two attached hydrogens (primary N) is 1. The van der Waals surface area contributed by atoms with E-state index in [0.717, 1.165) is 30.5 Å². The van der Waals surface area contributed by atoms with Gasteiger partial charge in [0.25, 0.3) is 5.91 Å². The average Bonchev–Trinajstić information content (AvgIpc) is 3.19. The van der Waals surface area contributed by atoms with Crippen molar-refractivity contribution < 1.29 is 19.1 Å². The molecule has 1 fully saturated rings. The van der Waals surface area contributed by atoms with E-state index in [1.54, 1.807) is 23.1 Å². The van der Waals surface area contributed by atoms with Crippen LogP contribution in [0.1, 0.15) is 49.0 Å². The molecule has 1 aliphatic carbocycles. The molecule has 0 atom stereocenters. The standard InChI is InChI=1S/C25H31N3O4/c1-25(2,14-26)15-28(24(30)19-9-10-21-22(12-19)32-16-31-21)13-17-5-3-8-20(11-17)27-23(29)18-6-4-7-18/h3,5,8-12,18H,4,6-7,13-16,26H2,1-2H3,(H,27,29). The number of carbonyl (C=O) groups excluding carboxylic acids is 2. The lowest BCUT2D eigenvalue weighted by atomic mass is 9.85. The van der Waals surface area contributed by atoms with Gasteiger partial charge >= 0.3 is 0 Å². The van der Waals surface area contributed by atoms with Crippen molar-refractivity contribution in [2.75, 3.05) is 25.2 Å².